The van der Waals surface area contributed by atoms with Crippen LogP contribution in [0, 0.1) is 6.92 Å². The number of fused-ring (bicyclic) bond motifs is 1. The predicted molar refractivity (Wildman–Crippen MR) is 106 cm³/mol. The van der Waals surface area contributed by atoms with Crippen LogP contribution < -0.4 is 9.46 Å². The quantitative estimate of drug-likeness (QED) is 0.731. The smallest absolute Gasteiger partial charge is 0.261 e. The van der Waals surface area contributed by atoms with Gasteiger partial charge in [0.2, 0.25) is 0 Å². The van der Waals surface area contributed by atoms with Gasteiger partial charge >= 0.3 is 0 Å². The molecule has 5 heteroatoms. The fraction of sp³-hybridized carbons (Fsp3) is 0.0909. The average Bonchev–Trinajstić information content (AvgIpc) is 3.06. The van der Waals surface area contributed by atoms with Crippen LogP contribution in [0.4, 0.5) is 0 Å². The van der Waals surface area contributed by atoms with Crippen LogP contribution in [-0.2, 0) is 10.0 Å². The largest absolute Gasteiger partial charge is 0.480 e. The summed E-state index contributed by atoms with van der Waals surface area (Å²) in [4.78, 5) is 0.230. The van der Waals surface area contributed by atoms with Gasteiger partial charge in [0.15, 0.2) is 6.10 Å². The highest BCUT2D eigenvalue weighted by atomic mass is 32.2. The second kappa shape index (κ2) is 6.93. The van der Waals surface area contributed by atoms with E-state index in [-0.39, 0.29) is 11.0 Å². The van der Waals surface area contributed by atoms with Gasteiger partial charge < -0.3 is 4.74 Å². The van der Waals surface area contributed by atoms with E-state index in [1.54, 1.807) is 30.5 Å². The molecule has 27 heavy (non-hydrogen) atoms. The second-order valence-electron chi connectivity index (χ2n) is 6.44. The van der Waals surface area contributed by atoms with Crippen molar-refractivity contribution in [3.63, 3.8) is 0 Å². The Morgan fingerprint density at radius 3 is 2.30 bits per heavy atom. The Hall–Kier alpha value is -3.05. The van der Waals surface area contributed by atoms with Gasteiger partial charge in [-0.15, -0.1) is 0 Å². The van der Waals surface area contributed by atoms with E-state index >= 15 is 0 Å². The van der Waals surface area contributed by atoms with Gasteiger partial charge in [-0.3, -0.25) is 4.72 Å². The van der Waals surface area contributed by atoms with E-state index < -0.39 is 10.0 Å². The van der Waals surface area contributed by atoms with E-state index in [9.17, 15) is 8.42 Å². The lowest BCUT2D eigenvalue weighted by Gasteiger charge is -2.13. The fourth-order valence-corrected chi connectivity index (χ4v) is 4.01. The topological polar surface area (TPSA) is 55.4 Å². The third kappa shape index (κ3) is 3.46. The molecule has 3 aromatic carbocycles. The molecule has 1 N–H and O–H groups in total. The number of hydrogen-bond acceptors (Lipinski definition) is 3. The molecule has 0 saturated carbocycles. The van der Waals surface area contributed by atoms with E-state index in [2.05, 4.69) is 4.72 Å². The molecule has 0 spiro atoms. The van der Waals surface area contributed by atoms with Crippen LogP contribution >= 0.6 is 0 Å². The number of ether oxygens (including phenoxy) is 1. The van der Waals surface area contributed by atoms with Crippen molar-refractivity contribution in [3.05, 3.63) is 102 Å². The van der Waals surface area contributed by atoms with Crippen molar-refractivity contribution in [1.82, 2.24) is 4.72 Å². The Labute approximate surface area is 159 Å². The lowest BCUT2D eigenvalue weighted by Crippen LogP contribution is -2.19. The van der Waals surface area contributed by atoms with Gasteiger partial charge in [0.05, 0.1) is 4.90 Å². The van der Waals surface area contributed by atoms with Gasteiger partial charge in [0.25, 0.3) is 10.0 Å². The minimum Gasteiger partial charge on any atom is -0.480 e. The van der Waals surface area contributed by atoms with Crippen LogP contribution in [0.3, 0.4) is 0 Å². The Kier molecular flexibility index (Phi) is 4.46. The number of hydrogen-bond donors (Lipinski definition) is 1. The van der Waals surface area contributed by atoms with Gasteiger partial charge in [-0.25, -0.2) is 8.42 Å². The molecule has 1 atom stereocenters. The minimum absolute atomic E-state index is 0.230. The van der Waals surface area contributed by atoms with Gasteiger partial charge in [0.1, 0.15) is 5.75 Å². The van der Waals surface area contributed by atoms with Crippen molar-refractivity contribution < 1.29 is 13.2 Å². The number of sulfonamides is 1. The summed E-state index contributed by atoms with van der Waals surface area (Å²) in [6.07, 6.45) is 1.18. The summed E-state index contributed by atoms with van der Waals surface area (Å²) in [6, 6.07) is 24.2. The van der Waals surface area contributed by atoms with Crippen molar-refractivity contribution in [2.45, 2.75) is 17.9 Å². The molecule has 0 radical (unpaired) electrons. The Morgan fingerprint density at radius 2 is 1.56 bits per heavy atom. The van der Waals surface area contributed by atoms with Gasteiger partial charge in [-0.2, -0.15) is 0 Å². The van der Waals surface area contributed by atoms with Crippen LogP contribution in [0.1, 0.15) is 22.8 Å². The highest BCUT2D eigenvalue weighted by Crippen LogP contribution is 2.44. The predicted octanol–water partition coefficient (Wildman–Crippen LogP) is 4.45. The normalized spacial score (nSPS) is 17.4. The third-order valence-electron chi connectivity index (χ3n) is 4.53. The lowest BCUT2D eigenvalue weighted by atomic mass is 9.98. The molecule has 0 aliphatic carbocycles. The zero-order valence-corrected chi connectivity index (χ0v) is 15.6. The van der Waals surface area contributed by atoms with E-state index in [1.807, 2.05) is 61.5 Å². The highest BCUT2D eigenvalue weighted by molar-refractivity contribution is 7.89. The highest BCUT2D eigenvalue weighted by Gasteiger charge is 2.30. The number of aryl methyl sites for hydroxylation is 1. The first-order chi connectivity index (χ1) is 13.0. The summed E-state index contributed by atoms with van der Waals surface area (Å²) in [7, 11) is -3.65. The van der Waals surface area contributed by atoms with Crippen molar-refractivity contribution in [3.8, 4) is 5.75 Å². The first kappa shape index (κ1) is 17.4. The van der Waals surface area contributed by atoms with Crippen LogP contribution in [0.5, 0.6) is 5.75 Å². The zero-order valence-electron chi connectivity index (χ0n) is 14.8. The Bertz CT molecular complexity index is 1090. The SMILES string of the molecule is Cc1ccc(S(=O)(=O)N/C=C2\c3ccccc3OC2c2ccccc2)cc1. The van der Waals surface area contributed by atoms with E-state index in [1.165, 1.54) is 0 Å². The Morgan fingerprint density at radius 1 is 0.889 bits per heavy atom. The van der Waals surface area contributed by atoms with Crippen molar-refractivity contribution in [2.24, 2.45) is 0 Å². The third-order valence-corrected chi connectivity index (χ3v) is 5.85. The summed E-state index contributed by atoms with van der Waals surface area (Å²) >= 11 is 0. The molecule has 1 unspecified atom stereocenters. The van der Waals surface area contributed by atoms with Crippen molar-refractivity contribution in [2.75, 3.05) is 0 Å². The second-order valence-corrected chi connectivity index (χ2v) is 8.15. The molecule has 1 aliphatic rings. The molecular weight excluding hydrogens is 358 g/mol. The standard InChI is InChI=1S/C22H19NO3S/c1-16-11-13-18(14-12-16)27(24,25)23-15-20-19-9-5-6-10-21(19)26-22(20)17-7-3-2-4-8-17/h2-15,22-23H,1H3/b20-15+. The number of para-hydroxylation sites is 1. The molecule has 4 nitrogen and oxygen atoms in total. The molecule has 4 rings (SSSR count). The molecule has 1 aliphatic heterocycles. The van der Waals surface area contributed by atoms with E-state index in [0.717, 1.165) is 28.0 Å². The van der Waals surface area contributed by atoms with Crippen LogP contribution in [0.25, 0.3) is 5.57 Å². The fourth-order valence-electron chi connectivity index (χ4n) is 3.09. The Balaban J connectivity index is 1.71. The van der Waals surface area contributed by atoms with Crippen LogP contribution in [0.2, 0.25) is 0 Å². The van der Waals surface area contributed by atoms with Gasteiger partial charge in [-0.05, 0) is 30.7 Å². The molecule has 3 aromatic rings. The van der Waals surface area contributed by atoms with E-state index in [4.69, 9.17) is 4.74 Å². The lowest BCUT2D eigenvalue weighted by molar-refractivity contribution is 0.283. The zero-order chi connectivity index (χ0) is 18.9. The molecule has 0 bridgehead atoms. The van der Waals surface area contributed by atoms with Crippen LogP contribution in [-0.4, -0.2) is 8.42 Å². The maximum absolute atomic E-state index is 12.7. The minimum atomic E-state index is -3.65. The molecule has 136 valence electrons. The maximum atomic E-state index is 12.7. The number of rotatable bonds is 4. The molecular formula is C22H19NO3S. The molecule has 0 fully saturated rings. The molecule has 1 heterocycles. The molecule has 0 aromatic heterocycles. The van der Waals surface area contributed by atoms with Crippen molar-refractivity contribution >= 4 is 15.6 Å². The average molecular weight is 377 g/mol. The van der Waals surface area contributed by atoms with Crippen molar-refractivity contribution in [1.29, 1.82) is 0 Å². The molecule has 0 amide bonds. The van der Waals surface area contributed by atoms with Gasteiger partial charge in [-0.1, -0.05) is 66.2 Å². The first-order valence-corrected chi connectivity index (χ1v) is 10.1. The summed E-state index contributed by atoms with van der Waals surface area (Å²) in [5.41, 5.74) is 3.65. The summed E-state index contributed by atoms with van der Waals surface area (Å²) in [6.45, 7) is 1.92. The first-order valence-electron chi connectivity index (χ1n) is 8.65. The maximum Gasteiger partial charge on any atom is 0.261 e. The van der Waals surface area contributed by atoms with Gasteiger partial charge in [0, 0.05) is 17.3 Å². The summed E-state index contributed by atoms with van der Waals surface area (Å²) in [5, 5.41) is 0. The van der Waals surface area contributed by atoms with E-state index in [0.29, 0.717) is 0 Å². The summed E-state index contributed by atoms with van der Waals surface area (Å²) in [5.74, 6) is 0.743. The monoisotopic (exact) mass is 377 g/mol. The summed E-state index contributed by atoms with van der Waals surface area (Å²) < 4.78 is 34.0. The number of nitrogens with one attached hydrogen (secondary N) is 1. The van der Waals surface area contributed by atoms with Crippen LogP contribution in [0.15, 0.2) is 90.0 Å². The molecule has 0 saturated heterocycles. The number of benzene rings is 3.